The Kier molecular flexibility index (Phi) is 7.79. The van der Waals surface area contributed by atoms with Gasteiger partial charge < -0.3 is 20.5 Å². The first kappa shape index (κ1) is 25.2. The molecule has 0 saturated carbocycles. The molecule has 0 radical (unpaired) electrons. The molecular formula is C26H26Cl2FN3O3. The number of hydrogen-bond acceptors (Lipinski definition) is 5. The monoisotopic (exact) mass is 517 g/mol. The van der Waals surface area contributed by atoms with Crippen molar-refractivity contribution >= 4 is 34.9 Å². The van der Waals surface area contributed by atoms with E-state index in [4.69, 9.17) is 33.7 Å². The third-order valence-electron chi connectivity index (χ3n) is 6.20. The summed E-state index contributed by atoms with van der Waals surface area (Å²) in [7, 11) is 0. The van der Waals surface area contributed by atoms with Crippen molar-refractivity contribution in [2.75, 3.05) is 25.4 Å². The smallest absolute Gasteiger partial charge is 0.253 e. The van der Waals surface area contributed by atoms with Crippen LogP contribution in [0.2, 0.25) is 10.0 Å². The molecule has 1 amide bonds. The van der Waals surface area contributed by atoms with Gasteiger partial charge in [0.15, 0.2) is 11.6 Å². The number of aliphatic hydroxyl groups is 1. The second kappa shape index (κ2) is 10.8. The lowest BCUT2D eigenvalue weighted by Gasteiger charge is -2.32. The molecule has 2 heterocycles. The summed E-state index contributed by atoms with van der Waals surface area (Å²) in [5, 5.41) is 9.61. The maximum absolute atomic E-state index is 13.9. The first-order valence-electron chi connectivity index (χ1n) is 11.3. The second-order valence-electron chi connectivity index (χ2n) is 8.64. The Balaban J connectivity index is 1.53. The Morgan fingerprint density at radius 1 is 1.26 bits per heavy atom. The number of pyridine rings is 1. The molecule has 4 rings (SSSR count). The number of rotatable bonds is 6. The highest BCUT2D eigenvalue weighted by Gasteiger charge is 2.24. The van der Waals surface area contributed by atoms with E-state index in [1.54, 1.807) is 36.2 Å². The van der Waals surface area contributed by atoms with E-state index in [0.717, 1.165) is 24.0 Å². The van der Waals surface area contributed by atoms with Gasteiger partial charge in [-0.2, -0.15) is 0 Å². The predicted octanol–water partition coefficient (Wildman–Crippen LogP) is 5.76. The summed E-state index contributed by atoms with van der Waals surface area (Å²) >= 11 is 12.3. The number of anilines is 1. The van der Waals surface area contributed by atoms with Crippen molar-refractivity contribution in [3.05, 3.63) is 75.7 Å². The Morgan fingerprint density at radius 2 is 2.00 bits per heavy atom. The molecule has 0 aliphatic carbocycles. The lowest BCUT2D eigenvalue weighted by Crippen LogP contribution is -2.40. The van der Waals surface area contributed by atoms with Crippen molar-refractivity contribution in [1.29, 1.82) is 0 Å². The van der Waals surface area contributed by atoms with Crippen LogP contribution in [0.1, 0.15) is 41.8 Å². The van der Waals surface area contributed by atoms with Crippen LogP contribution in [0.15, 0.2) is 48.7 Å². The van der Waals surface area contributed by atoms with Gasteiger partial charge in [-0.25, -0.2) is 9.37 Å². The molecular weight excluding hydrogens is 492 g/mol. The summed E-state index contributed by atoms with van der Waals surface area (Å²) in [5.74, 6) is -0.0421. The summed E-state index contributed by atoms with van der Waals surface area (Å²) in [4.78, 5) is 18.9. The maximum Gasteiger partial charge on any atom is 0.253 e. The minimum atomic E-state index is -0.683. The molecule has 6 nitrogen and oxygen atoms in total. The number of nitrogens with two attached hydrogens (primary N) is 1. The van der Waals surface area contributed by atoms with Gasteiger partial charge in [0.2, 0.25) is 0 Å². The zero-order valence-electron chi connectivity index (χ0n) is 19.2. The van der Waals surface area contributed by atoms with E-state index < -0.39 is 11.9 Å². The van der Waals surface area contributed by atoms with Crippen LogP contribution in [0, 0.1) is 11.7 Å². The topological polar surface area (TPSA) is 88.7 Å². The normalized spacial score (nSPS) is 16.7. The van der Waals surface area contributed by atoms with Crippen molar-refractivity contribution in [1.82, 2.24) is 9.88 Å². The number of piperidine rings is 1. The highest BCUT2D eigenvalue weighted by atomic mass is 35.5. The molecule has 0 spiro atoms. The second-order valence-corrected chi connectivity index (χ2v) is 9.43. The maximum atomic E-state index is 13.9. The number of ether oxygens (including phenoxy) is 1. The number of nitrogens with zero attached hydrogens (tertiary/aromatic N) is 2. The standard InChI is InChI=1S/C26H26Cl2FN3O3/c1-15(23-20(27)8-9-21(29)24(23)28)35-22-11-19(12-31-25(22)30)17-4-6-18(7-5-17)26(34)32-10-2-3-16(13-32)14-33/h4-9,11-12,15-16,33H,2-3,10,13-14H2,1H3,(H2,30,31). The largest absolute Gasteiger partial charge is 0.482 e. The number of carbonyl (C=O) groups excluding carboxylic acids is 1. The quantitative estimate of drug-likeness (QED) is 0.405. The molecule has 2 atom stereocenters. The van der Waals surface area contributed by atoms with Crippen LogP contribution in [0.5, 0.6) is 5.75 Å². The van der Waals surface area contributed by atoms with E-state index in [-0.39, 0.29) is 34.3 Å². The number of aliphatic hydroxyl groups excluding tert-OH is 1. The van der Waals surface area contributed by atoms with Crippen LogP contribution in [0.4, 0.5) is 10.2 Å². The number of likely N-dealkylation sites (tertiary alicyclic amines) is 1. The highest BCUT2D eigenvalue weighted by molar-refractivity contribution is 6.36. The molecule has 184 valence electrons. The van der Waals surface area contributed by atoms with E-state index in [1.807, 2.05) is 12.1 Å². The van der Waals surface area contributed by atoms with Crippen molar-refractivity contribution in [2.24, 2.45) is 5.92 Å². The number of hydrogen-bond donors (Lipinski definition) is 2. The van der Waals surface area contributed by atoms with Crippen molar-refractivity contribution in [3.63, 3.8) is 0 Å². The van der Waals surface area contributed by atoms with Gasteiger partial charge >= 0.3 is 0 Å². The third kappa shape index (κ3) is 5.53. The van der Waals surface area contributed by atoms with Gasteiger partial charge in [0.25, 0.3) is 5.91 Å². The van der Waals surface area contributed by atoms with Crippen molar-refractivity contribution < 1.29 is 19.0 Å². The van der Waals surface area contributed by atoms with Crippen LogP contribution in [-0.4, -0.2) is 40.6 Å². The third-order valence-corrected chi connectivity index (χ3v) is 6.91. The molecule has 1 aliphatic rings. The van der Waals surface area contributed by atoms with Crippen LogP contribution < -0.4 is 10.5 Å². The minimum Gasteiger partial charge on any atom is -0.482 e. The van der Waals surface area contributed by atoms with Crippen molar-refractivity contribution in [3.8, 4) is 16.9 Å². The molecule has 2 aromatic carbocycles. The number of benzene rings is 2. The van der Waals surface area contributed by atoms with E-state index in [0.29, 0.717) is 30.0 Å². The van der Waals surface area contributed by atoms with E-state index in [9.17, 15) is 14.3 Å². The summed E-state index contributed by atoms with van der Waals surface area (Å²) in [5.41, 5.74) is 8.48. The predicted molar refractivity (Wildman–Crippen MR) is 135 cm³/mol. The van der Waals surface area contributed by atoms with E-state index in [2.05, 4.69) is 4.98 Å². The van der Waals surface area contributed by atoms with Crippen LogP contribution in [0.3, 0.4) is 0 Å². The van der Waals surface area contributed by atoms with Gasteiger partial charge in [0.05, 0.1) is 5.02 Å². The lowest BCUT2D eigenvalue weighted by atomic mass is 9.98. The van der Waals surface area contributed by atoms with Gasteiger partial charge in [-0.05, 0) is 61.6 Å². The first-order valence-corrected chi connectivity index (χ1v) is 12.1. The van der Waals surface area contributed by atoms with Gasteiger partial charge in [0, 0.05) is 47.6 Å². The molecule has 2 unspecified atom stereocenters. The molecule has 3 aromatic rings. The van der Waals surface area contributed by atoms with E-state index >= 15 is 0 Å². The number of amides is 1. The molecule has 9 heteroatoms. The molecule has 1 saturated heterocycles. The average Bonchev–Trinajstić information content (AvgIpc) is 2.87. The molecule has 1 aliphatic heterocycles. The Hall–Kier alpha value is -2.87. The van der Waals surface area contributed by atoms with Gasteiger partial charge in [0.1, 0.15) is 11.9 Å². The van der Waals surface area contributed by atoms with Gasteiger partial charge in [-0.15, -0.1) is 0 Å². The van der Waals surface area contributed by atoms with Gasteiger partial charge in [-0.1, -0.05) is 35.3 Å². The van der Waals surface area contributed by atoms with Crippen LogP contribution >= 0.6 is 23.2 Å². The SMILES string of the molecule is CC(Oc1cc(-c2ccc(C(=O)N3CCCC(CO)C3)cc2)cnc1N)c1c(Cl)ccc(F)c1Cl. The molecule has 1 aromatic heterocycles. The summed E-state index contributed by atoms with van der Waals surface area (Å²) in [6.07, 6.45) is 2.75. The summed E-state index contributed by atoms with van der Waals surface area (Å²) < 4.78 is 19.9. The lowest BCUT2D eigenvalue weighted by molar-refractivity contribution is 0.0620. The zero-order chi connectivity index (χ0) is 25.1. The molecule has 3 N–H and O–H groups in total. The Labute approximate surface area is 213 Å². The molecule has 1 fully saturated rings. The minimum absolute atomic E-state index is 0.0492. The number of aromatic nitrogens is 1. The van der Waals surface area contributed by atoms with E-state index in [1.165, 1.54) is 12.1 Å². The Bertz CT molecular complexity index is 1220. The molecule has 35 heavy (non-hydrogen) atoms. The highest BCUT2D eigenvalue weighted by Crippen LogP contribution is 2.37. The fraction of sp³-hybridized carbons (Fsp3) is 0.308. The zero-order valence-corrected chi connectivity index (χ0v) is 20.7. The van der Waals surface area contributed by atoms with Crippen LogP contribution in [0.25, 0.3) is 11.1 Å². The average molecular weight is 518 g/mol. The number of nitrogen functional groups attached to an aromatic ring is 1. The number of halogens is 3. The van der Waals surface area contributed by atoms with Gasteiger partial charge in [-0.3, -0.25) is 4.79 Å². The van der Waals surface area contributed by atoms with Crippen molar-refractivity contribution in [2.45, 2.75) is 25.9 Å². The fourth-order valence-corrected chi connectivity index (χ4v) is 4.94. The first-order chi connectivity index (χ1) is 16.8. The Morgan fingerprint density at radius 3 is 2.71 bits per heavy atom. The summed E-state index contributed by atoms with van der Waals surface area (Å²) in [6, 6.07) is 11.6. The summed E-state index contributed by atoms with van der Waals surface area (Å²) in [6.45, 7) is 3.04. The molecule has 0 bridgehead atoms. The van der Waals surface area contributed by atoms with Crippen LogP contribution in [-0.2, 0) is 0 Å². The fourth-order valence-electron chi connectivity index (χ4n) is 4.26. The number of carbonyl (C=O) groups is 1.